The second-order valence-electron chi connectivity index (χ2n) is 12.5. The van der Waals surface area contributed by atoms with Crippen LogP contribution in [0.4, 0.5) is 0 Å². The van der Waals surface area contributed by atoms with Crippen LogP contribution >= 0.6 is 31.9 Å². The van der Waals surface area contributed by atoms with E-state index in [1.807, 2.05) is 84.9 Å². The molecule has 1 atom stereocenters. The minimum atomic E-state index is -0.401. The highest BCUT2D eigenvalue weighted by atomic mass is 79.9. The number of benzene rings is 6. The molecule has 0 bridgehead atoms. The number of methoxy groups -OCH3 is 2. The number of nitriles is 2. The molecular formula is C48H40Br2N4O7. The minimum Gasteiger partial charge on any atom is -0.507 e. The second-order valence-corrected chi connectivity index (χ2v) is 14.2. The Labute approximate surface area is 371 Å². The lowest BCUT2D eigenvalue weighted by Crippen LogP contribution is -2.21. The molecule has 7 rings (SSSR count). The van der Waals surface area contributed by atoms with E-state index in [4.69, 9.17) is 41.3 Å². The van der Waals surface area contributed by atoms with Crippen LogP contribution in [-0.4, -0.2) is 45.4 Å². The number of nitrogens with zero attached hydrogens (tertiary/aromatic N) is 3. The third kappa shape index (κ3) is 11.7. The first-order chi connectivity index (χ1) is 29.6. The van der Waals surface area contributed by atoms with Crippen molar-refractivity contribution in [1.82, 2.24) is 0 Å². The Morgan fingerprint density at radius 2 is 1.41 bits per heavy atom. The predicted molar refractivity (Wildman–Crippen MR) is 244 cm³/mol. The summed E-state index contributed by atoms with van der Waals surface area (Å²) in [6, 6.07) is 36.2. The number of hydrogen-bond donors (Lipinski definition) is 2. The van der Waals surface area contributed by atoms with Crippen LogP contribution in [0.2, 0.25) is 0 Å². The third-order valence-corrected chi connectivity index (χ3v) is 9.87. The van der Waals surface area contributed by atoms with Crippen molar-refractivity contribution in [2.45, 2.75) is 5.92 Å². The van der Waals surface area contributed by atoms with Crippen LogP contribution in [0, 0.1) is 29.2 Å². The van der Waals surface area contributed by atoms with Gasteiger partial charge in [-0.3, -0.25) is 4.79 Å². The van der Waals surface area contributed by atoms with Gasteiger partial charge in [-0.1, -0.05) is 98.1 Å². The van der Waals surface area contributed by atoms with E-state index < -0.39 is 5.92 Å². The number of carbonyl (C=O) groups excluding carboxylic acids is 1. The minimum absolute atomic E-state index is 0.0139. The summed E-state index contributed by atoms with van der Waals surface area (Å²) in [6.07, 6.45) is 4.06. The van der Waals surface area contributed by atoms with Crippen molar-refractivity contribution in [3.8, 4) is 46.6 Å². The average Bonchev–Trinajstić information content (AvgIpc) is 3.28. The van der Waals surface area contributed by atoms with E-state index in [0.717, 1.165) is 39.0 Å². The molecule has 0 fully saturated rings. The van der Waals surface area contributed by atoms with E-state index in [2.05, 4.69) is 55.9 Å². The molecular weight excluding hydrogens is 904 g/mol. The molecule has 0 saturated carbocycles. The van der Waals surface area contributed by atoms with Crippen LogP contribution in [0.15, 0.2) is 149 Å². The summed E-state index contributed by atoms with van der Waals surface area (Å²) in [5.74, 6) is 2.93. The van der Waals surface area contributed by atoms with Crippen molar-refractivity contribution in [3.63, 3.8) is 0 Å². The molecule has 6 aromatic carbocycles. The average molecular weight is 945 g/mol. The number of phenolic OH excluding ortho intramolecular Hbond substituents is 1. The standard InChI is InChI=1S/C24H19BrN2O3.C11H11BrO3.C10H8O.C3H2N2/c1-3-10-29-23-19(25)11-15(12-20(23)28-2)21-17-9-8-14-6-4-5-7-16(14)22(17)30-24(27)18(21)13-26;1-3-4-15-11-9(12)5-8(7-13)6-10(11)14-2;11-10-7-3-5-8-4-1-2-6-9(8)10;1-5-3-2-4/h3-9,11-12,21H,1,10,27H2,2H3;3,5-7H,1,4H2,2H3;1-7,11H;3H2. The molecule has 1 aliphatic rings. The third-order valence-electron chi connectivity index (χ3n) is 8.69. The van der Waals surface area contributed by atoms with E-state index in [0.29, 0.717) is 67.8 Å². The molecule has 0 radical (unpaired) electrons. The van der Waals surface area contributed by atoms with Gasteiger partial charge in [0, 0.05) is 21.9 Å². The fourth-order valence-corrected chi connectivity index (χ4v) is 7.20. The number of aromatic hydroxyl groups is 1. The quantitative estimate of drug-likeness (QED) is 0.0585. The van der Waals surface area contributed by atoms with Gasteiger partial charge in [-0.15, -0.1) is 0 Å². The lowest BCUT2D eigenvalue weighted by atomic mass is 9.82. The molecule has 3 N–H and O–H groups in total. The van der Waals surface area contributed by atoms with Crippen LogP contribution < -0.4 is 29.4 Å². The Bertz CT molecular complexity index is 2680. The number of nitrogens with two attached hydrogens (primary N) is 1. The fourth-order valence-electron chi connectivity index (χ4n) is 6.05. The maximum absolute atomic E-state index is 10.6. The van der Waals surface area contributed by atoms with Gasteiger partial charge in [0.15, 0.2) is 23.0 Å². The number of rotatable bonds is 10. The molecule has 0 aliphatic carbocycles. The van der Waals surface area contributed by atoms with Gasteiger partial charge < -0.3 is 39.4 Å². The van der Waals surface area contributed by atoms with E-state index in [1.54, 1.807) is 43.5 Å². The highest BCUT2D eigenvalue weighted by Crippen LogP contribution is 2.48. The van der Waals surface area contributed by atoms with Crippen LogP contribution in [-0.2, 0) is 0 Å². The van der Waals surface area contributed by atoms with Crippen LogP contribution in [0.3, 0.4) is 0 Å². The Morgan fingerprint density at radius 3 is 1.95 bits per heavy atom. The first-order valence-electron chi connectivity index (χ1n) is 18.2. The molecule has 0 spiro atoms. The maximum Gasteiger partial charge on any atom is 0.298 e. The Morgan fingerprint density at radius 1 is 0.836 bits per heavy atom. The van der Waals surface area contributed by atoms with Gasteiger partial charge in [-0.2, -0.15) is 10.5 Å². The smallest absolute Gasteiger partial charge is 0.298 e. The van der Waals surface area contributed by atoms with Gasteiger partial charge >= 0.3 is 0 Å². The molecule has 11 nitrogen and oxygen atoms in total. The SMILES string of the molecule is C=CCOc1c(Br)cc(C2C(C#N)=C(N)Oc3c2ccc2ccccc32)cc1OC.C=CCOc1c(Br)cc(C=O)cc1OC.Oc1cccc2ccccc12.[C-]#[N+]CC#N. The molecule has 308 valence electrons. The Hall–Kier alpha value is -7.24. The summed E-state index contributed by atoms with van der Waals surface area (Å²) in [5.41, 5.74) is 8.77. The number of carbonyl (C=O) groups is 1. The summed E-state index contributed by atoms with van der Waals surface area (Å²) in [7, 11) is 3.10. The highest BCUT2D eigenvalue weighted by molar-refractivity contribution is 9.11. The topological polar surface area (TPSA) is 161 Å². The Kier molecular flexibility index (Phi) is 17.8. The summed E-state index contributed by atoms with van der Waals surface area (Å²) >= 11 is 6.88. The molecule has 13 heteroatoms. The molecule has 1 heterocycles. The van der Waals surface area contributed by atoms with Crippen molar-refractivity contribution in [3.05, 3.63) is 177 Å². The van der Waals surface area contributed by atoms with Gasteiger partial charge in [0.05, 0.1) is 29.1 Å². The monoisotopic (exact) mass is 942 g/mol. The van der Waals surface area contributed by atoms with Crippen molar-refractivity contribution < 1.29 is 33.6 Å². The number of aldehydes is 1. The normalized spacial score (nSPS) is 12.0. The lowest BCUT2D eigenvalue weighted by Gasteiger charge is -2.28. The zero-order valence-corrected chi connectivity index (χ0v) is 36.4. The largest absolute Gasteiger partial charge is 0.507 e. The summed E-state index contributed by atoms with van der Waals surface area (Å²) in [5, 5.41) is 30.8. The first-order valence-corrected chi connectivity index (χ1v) is 19.8. The van der Waals surface area contributed by atoms with Gasteiger partial charge in [0.2, 0.25) is 5.88 Å². The van der Waals surface area contributed by atoms with Crippen LogP contribution in [0.5, 0.6) is 34.5 Å². The highest BCUT2D eigenvalue weighted by Gasteiger charge is 2.33. The van der Waals surface area contributed by atoms with Gasteiger partial charge in [0.1, 0.15) is 48.7 Å². The lowest BCUT2D eigenvalue weighted by molar-refractivity contribution is 0.112. The van der Waals surface area contributed by atoms with Gasteiger partial charge in [-0.25, -0.2) is 6.57 Å². The number of allylic oxidation sites excluding steroid dienone is 1. The summed E-state index contributed by atoms with van der Waals surface area (Å²) in [4.78, 5) is 13.4. The molecule has 6 aromatic rings. The number of hydrogen-bond acceptors (Lipinski definition) is 10. The van der Waals surface area contributed by atoms with Gasteiger partial charge in [-0.05, 0) is 78.5 Å². The van der Waals surface area contributed by atoms with E-state index >= 15 is 0 Å². The molecule has 0 aromatic heterocycles. The number of halogens is 2. The molecule has 0 saturated heterocycles. The second kappa shape index (κ2) is 23.4. The number of ether oxygens (including phenoxy) is 5. The van der Waals surface area contributed by atoms with Crippen molar-refractivity contribution in [1.29, 1.82) is 10.5 Å². The van der Waals surface area contributed by atoms with Crippen molar-refractivity contribution >= 4 is 59.7 Å². The van der Waals surface area contributed by atoms with Crippen molar-refractivity contribution in [2.24, 2.45) is 5.73 Å². The number of phenols is 1. The maximum atomic E-state index is 10.6. The Balaban J connectivity index is 0.000000218. The zero-order chi connectivity index (χ0) is 44.3. The molecule has 0 amide bonds. The number of fused-ring (bicyclic) bond motifs is 4. The molecule has 1 aliphatic heterocycles. The predicted octanol–water partition coefficient (Wildman–Crippen LogP) is 11.2. The van der Waals surface area contributed by atoms with Crippen LogP contribution in [0.1, 0.15) is 27.4 Å². The summed E-state index contributed by atoms with van der Waals surface area (Å²) in [6.45, 7) is 14.0. The molecule has 1 unspecified atom stereocenters. The van der Waals surface area contributed by atoms with Crippen LogP contribution in [0.25, 0.3) is 26.4 Å². The van der Waals surface area contributed by atoms with E-state index in [1.165, 1.54) is 7.11 Å². The fraction of sp³-hybridized carbons (Fsp3) is 0.125. The summed E-state index contributed by atoms with van der Waals surface area (Å²) < 4.78 is 29.1. The molecule has 61 heavy (non-hydrogen) atoms. The van der Waals surface area contributed by atoms with E-state index in [9.17, 15) is 15.2 Å². The zero-order valence-electron chi connectivity index (χ0n) is 33.2. The first kappa shape index (κ1) is 46.4. The van der Waals surface area contributed by atoms with Crippen molar-refractivity contribution in [2.75, 3.05) is 34.0 Å². The van der Waals surface area contributed by atoms with Gasteiger partial charge in [0.25, 0.3) is 6.54 Å². The van der Waals surface area contributed by atoms with E-state index in [-0.39, 0.29) is 12.4 Å².